The molecule has 1 heterocycles. The molecule has 0 radical (unpaired) electrons. The Morgan fingerprint density at radius 1 is 0.972 bits per heavy atom. The second kappa shape index (κ2) is 10.5. The highest BCUT2D eigenvalue weighted by Crippen LogP contribution is 2.49. The zero-order valence-electron chi connectivity index (χ0n) is 18.9. The Morgan fingerprint density at radius 3 is 2.08 bits per heavy atom. The Hall–Kier alpha value is -3.15. The van der Waals surface area contributed by atoms with E-state index in [9.17, 15) is 35.9 Å². The molecule has 2 aromatic rings. The second-order valence-electron chi connectivity index (χ2n) is 7.99. The van der Waals surface area contributed by atoms with Crippen LogP contribution in [0, 0.1) is 5.92 Å². The molecule has 0 saturated carbocycles. The predicted molar refractivity (Wildman–Crippen MR) is 120 cm³/mol. The lowest BCUT2D eigenvalue weighted by Crippen LogP contribution is -2.40. The number of nitrogens with zero attached hydrogens (tertiary/aromatic N) is 1. The van der Waals surface area contributed by atoms with Crippen molar-refractivity contribution in [3.63, 3.8) is 0 Å². The first kappa shape index (κ1) is 27.4. The fourth-order valence-electron chi connectivity index (χ4n) is 3.95. The normalized spacial score (nSPS) is 15.0. The third kappa shape index (κ3) is 5.80. The van der Waals surface area contributed by atoms with E-state index in [1.165, 1.54) is 25.3 Å². The van der Waals surface area contributed by atoms with E-state index < -0.39 is 57.3 Å². The molecule has 1 aliphatic heterocycles. The molecule has 1 fully saturated rings. The summed E-state index contributed by atoms with van der Waals surface area (Å²) in [6, 6.07) is 7.62. The molecule has 2 aromatic carbocycles. The number of amides is 1. The van der Waals surface area contributed by atoms with Crippen LogP contribution in [-0.2, 0) is 21.9 Å². The summed E-state index contributed by atoms with van der Waals surface area (Å²) >= 11 is 0.457. The number of para-hydroxylation sites is 1. The van der Waals surface area contributed by atoms with Gasteiger partial charge >= 0.3 is 18.3 Å². The Morgan fingerprint density at radius 2 is 1.56 bits per heavy atom. The van der Waals surface area contributed by atoms with Crippen molar-refractivity contribution in [2.24, 2.45) is 5.92 Å². The number of hydrogen-bond donors (Lipinski definition) is 1. The molecular weight excluding hydrogens is 512 g/mol. The van der Waals surface area contributed by atoms with Crippen LogP contribution in [0.5, 0.6) is 5.75 Å². The molecule has 1 saturated heterocycles. The number of carbonyl (C=O) groups is 2. The van der Waals surface area contributed by atoms with Crippen LogP contribution in [0.3, 0.4) is 0 Å². The molecule has 1 aliphatic rings. The van der Waals surface area contributed by atoms with Gasteiger partial charge in [0.15, 0.2) is 0 Å². The smallest absolute Gasteiger partial charge is 0.418 e. The zero-order valence-corrected chi connectivity index (χ0v) is 19.7. The van der Waals surface area contributed by atoms with Gasteiger partial charge in [0.25, 0.3) is 5.91 Å². The molecule has 0 aromatic heterocycles. The lowest BCUT2D eigenvalue weighted by atomic mass is 9.92. The molecular formula is C24H21F6NO4S. The van der Waals surface area contributed by atoms with Crippen LogP contribution in [0.2, 0.25) is 0 Å². The highest BCUT2D eigenvalue weighted by atomic mass is 32.2. The van der Waals surface area contributed by atoms with Crippen LogP contribution in [0.25, 0.3) is 5.57 Å². The molecule has 1 amide bonds. The summed E-state index contributed by atoms with van der Waals surface area (Å²) in [6.07, 6.45) is -10.7. The van der Waals surface area contributed by atoms with E-state index in [0.717, 1.165) is 17.0 Å². The number of methoxy groups -OCH3 is 1. The number of aliphatic carboxylic acids is 1. The standard InChI is InChI=1S/C24H21F6NO4S/c1-13(21(32)31-11-9-14(10-12-31)22(33)34)15-7-8-18(36-17-6-4-3-5-16(17)35-2)20(24(28,29)30)19(15)23(25,26)27/h3-8,14H,1,9-12H2,2H3,(H,33,34). The number of alkyl halides is 6. The van der Waals surface area contributed by atoms with Gasteiger partial charge in [-0.3, -0.25) is 9.59 Å². The molecule has 5 nitrogen and oxygen atoms in total. The summed E-state index contributed by atoms with van der Waals surface area (Å²) in [5, 5.41) is 9.09. The monoisotopic (exact) mass is 533 g/mol. The van der Waals surface area contributed by atoms with Crippen LogP contribution in [0.4, 0.5) is 26.3 Å². The molecule has 12 heteroatoms. The lowest BCUT2D eigenvalue weighted by Gasteiger charge is -2.31. The number of ether oxygens (including phenoxy) is 1. The van der Waals surface area contributed by atoms with Crippen molar-refractivity contribution in [2.75, 3.05) is 20.2 Å². The third-order valence-corrected chi connectivity index (χ3v) is 6.86. The van der Waals surface area contributed by atoms with Gasteiger partial charge in [0, 0.05) is 23.6 Å². The predicted octanol–water partition coefficient (Wildman–Crippen LogP) is 6.22. The van der Waals surface area contributed by atoms with E-state index >= 15 is 0 Å². The van der Waals surface area contributed by atoms with Crippen LogP contribution >= 0.6 is 11.8 Å². The summed E-state index contributed by atoms with van der Waals surface area (Å²) in [5.74, 6) is -2.57. The average Bonchev–Trinajstić information content (AvgIpc) is 2.82. The maximum atomic E-state index is 14.1. The Kier molecular flexibility index (Phi) is 7.97. The number of carboxylic acid groups (broad SMARTS) is 1. The number of hydrogen-bond acceptors (Lipinski definition) is 4. The fraction of sp³-hybridized carbons (Fsp3) is 0.333. The molecule has 0 atom stereocenters. The Bertz CT molecular complexity index is 1170. The van der Waals surface area contributed by atoms with E-state index in [1.54, 1.807) is 6.07 Å². The van der Waals surface area contributed by atoms with Gasteiger partial charge in [-0.25, -0.2) is 0 Å². The van der Waals surface area contributed by atoms with Gasteiger partial charge in [-0.15, -0.1) is 0 Å². The number of carbonyl (C=O) groups excluding carboxylic acids is 1. The summed E-state index contributed by atoms with van der Waals surface area (Å²) in [6.45, 7) is 3.26. The lowest BCUT2D eigenvalue weighted by molar-refractivity contribution is -0.163. The molecule has 1 N–H and O–H groups in total. The van der Waals surface area contributed by atoms with Crippen LogP contribution in [0.1, 0.15) is 29.5 Å². The minimum atomic E-state index is -5.46. The number of likely N-dealkylation sites (tertiary alicyclic amines) is 1. The van der Waals surface area contributed by atoms with E-state index in [2.05, 4.69) is 6.58 Å². The minimum absolute atomic E-state index is 0.0654. The Balaban J connectivity index is 2.08. The van der Waals surface area contributed by atoms with Gasteiger partial charge in [-0.2, -0.15) is 26.3 Å². The maximum absolute atomic E-state index is 14.1. The second-order valence-corrected chi connectivity index (χ2v) is 9.08. The highest BCUT2D eigenvalue weighted by Gasteiger charge is 2.47. The molecule has 36 heavy (non-hydrogen) atoms. The molecule has 0 aliphatic carbocycles. The van der Waals surface area contributed by atoms with Crippen molar-refractivity contribution in [1.29, 1.82) is 0 Å². The number of benzene rings is 2. The fourth-order valence-corrected chi connectivity index (χ4v) is 5.04. The Labute approximate surface area is 206 Å². The third-order valence-electron chi connectivity index (χ3n) is 5.74. The molecule has 0 unspecified atom stereocenters. The van der Waals surface area contributed by atoms with Gasteiger partial charge in [0.1, 0.15) is 5.75 Å². The number of halogens is 6. The van der Waals surface area contributed by atoms with E-state index in [0.29, 0.717) is 11.8 Å². The van der Waals surface area contributed by atoms with Crippen LogP contribution in [-0.4, -0.2) is 42.1 Å². The first-order valence-corrected chi connectivity index (χ1v) is 11.4. The molecule has 0 spiro atoms. The number of carboxylic acids is 1. The van der Waals surface area contributed by atoms with Crippen molar-refractivity contribution in [3.05, 3.63) is 59.7 Å². The molecule has 3 rings (SSSR count). The van der Waals surface area contributed by atoms with Crippen molar-refractivity contribution in [1.82, 2.24) is 4.90 Å². The van der Waals surface area contributed by atoms with E-state index in [1.807, 2.05) is 0 Å². The van der Waals surface area contributed by atoms with E-state index in [-0.39, 0.29) is 36.6 Å². The number of piperidine rings is 1. The minimum Gasteiger partial charge on any atom is -0.496 e. The van der Waals surface area contributed by atoms with Crippen molar-refractivity contribution in [3.8, 4) is 5.75 Å². The average molecular weight is 533 g/mol. The highest BCUT2D eigenvalue weighted by molar-refractivity contribution is 7.99. The number of rotatable bonds is 6. The maximum Gasteiger partial charge on any atom is 0.418 e. The first-order chi connectivity index (χ1) is 16.8. The van der Waals surface area contributed by atoms with Gasteiger partial charge in [-0.05, 0) is 36.6 Å². The van der Waals surface area contributed by atoms with Gasteiger partial charge in [-0.1, -0.05) is 36.5 Å². The van der Waals surface area contributed by atoms with Crippen LogP contribution < -0.4 is 4.74 Å². The van der Waals surface area contributed by atoms with Crippen LogP contribution in [0.15, 0.2) is 52.8 Å². The van der Waals surface area contributed by atoms with Gasteiger partial charge in [0.2, 0.25) is 0 Å². The van der Waals surface area contributed by atoms with Gasteiger partial charge in [0.05, 0.1) is 29.1 Å². The summed E-state index contributed by atoms with van der Waals surface area (Å²) < 4.78 is 89.9. The zero-order chi connectivity index (χ0) is 26.8. The largest absolute Gasteiger partial charge is 0.496 e. The molecule has 0 bridgehead atoms. The molecule has 194 valence electrons. The van der Waals surface area contributed by atoms with Crippen molar-refractivity contribution < 1.29 is 45.8 Å². The topological polar surface area (TPSA) is 66.8 Å². The van der Waals surface area contributed by atoms with Crippen molar-refractivity contribution in [2.45, 2.75) is 35.0 Å². The summed E-state index contributed by atoms with van der Waals surface area (Å²) in [4.78, 5) is 24.6. The summed E-state index contributed by atoms with van der Waals surface area (Å²) in [7, 11) is 1.28. The first-order valence-electron chi connectivity index (χ1n) is 10.6. The van der Waals surface area contributed by atoms with Gasteiger partial charge < -0.3 is 14.7 Å². The van der Waals surface area contributed by atoms with E-state index in [4.69, 9.17) is 9.84 Å². The SMILES string of the molecule is C=C(C(=O)N1CCC(C(=O)O)CC1)c1ccc(Sc2ccccc2OC)c(C(F)(F)F)c1C(F)(F)F. The quantitative estimate of drug-likeness (QED) is 0.353. The summed E-state index contributed by atoms with van der Waals surface area (Å²) in [5.41, 5.74) is -5.67. The van der Waals surface area contributed by atoms with Crippen molar-refractivity contribution >= 4 is 29.2 Å².